The number of amides is 2. The number of carboxylic acid groups (broad SMARTS) is 1. The van der Waals surface area contributed by atoms with Crippen LogP contribution in [0.1, 0.15) is 55.9 Å². The van der Waals surface area contributed by atoms with E-state index in [9.17, 15) is 19.5 Å². The van der Waals surface area contributed by atoms with Gasteiger partial charge < -0.3 is 32.9 Å². The molecule has 0 aliphatic carbocycles. The van der Waals surface area contributed by atoms with Crippen molar-refractivity contribution in [3.8, 4) is 0 Å². The number of hydrogen-bond acceptors (Lipinski definition) is 12. The van der Waals surface area contributed by atoms with E-state index in [0.717, 1.165) is 11.1 Å². The summed E-state index contributed by atoms with van der Waals surface area (Å²) in [5, 5.41) is 18.7. The van der Waals surface area contributed by atoms with E-state index in [0.29, 0.717) is 52.8 Å². The highest BCUT2D eigenvalue weighted by atomic mass is 16.4. The number of nitrogens with one attached hydrogen (secondary N) is 3. The molecule has 2 amide bonds. The van der Waals surface area contributed by atoms with Gasteiger partial charge in [0.15, 0.2) is 22.8 Å². The molecular formula is C29H34N12O4. The number of rotatable bonds is 13. The number of hydrazone groups is 1. The molecule has 0 bridgehead atoms. The molecule has 1 unspecified atom stereocenters. The molecule has 0 fully saturated rings. The van der Waals surface area contributed by atoms with E-state index in [4.69, 9.17) is 23.0 Å². The molecule has 234 valence electrons. The SMILES string of the molecule is Cc1ccc(C(=O)NCCCC(NC(=O)c2ccc(CCc3cnc4nc(N)nc(N)c4n3)cc2)C(=O)O)c(/C(N)=N/NN)c1. The second-order valence-electron chi connectivity index (χ2n) is 10.1. The van der Waals surface area contributed by atoms with Crippen molar-refractivity contribution in [1.82, 2.24) is 36.1 Å². The number of aryl methyl sites for hydroxylation is 3. The van der Waals surface area contributed by atoms with Crippen molar-refractivity contribution < 1.29 is 19.5 Å². The zero-order chi connectivity index (χ0) is 32.5. The maximum Gasteiger partial charge on any atom is 0.326 e. The van der Waals surface area contributed by atoms with Crippen molar-refractivity contribution in [2.45, 2.75) is 38.6 Å². The molecule has 1 atom stereocenters. The van der Waals surface area contributed by atoms with Gasteiger partial charge in [-0.1, -0.05) is 23.8 Å². The smallest absolute Gasteiger partial charge is 0.326 e. The highest BCUT2D eigenvalue weighted by Crippen LogP contribution is 2.16. The number of fused-ring (bicyclic) bond motifs is 1. The molecule has 45 heavy (non-hydrogen) atoms. The molecule has 16 nitrogen and oxygen atoms in total. The predicted molar refractivity (Wildman–Crippen MR) is 167 cm³/mol. The lowest BCUT2D eigenvalue weighted by Crippen LogP contribution is -2.41. The zero-order valence-corrected chi connectivity index (χ0v) is 24.4. The minimum Gasteiger partial charge on any atom is -0.480 e. The van der Waals surface area contributed by atoms with Crippen LogP contribution in [0.25, 0.3) is 11.2 Å². The third-order valence-electron chi connectivity index (χ3n) is 6.83. The fraction of sp³-hybridized carbons (Fsp3) is 0.241. The number of aliphatic carboxylic acids is 1. The Morgan fingerprint density at radius 3 is 2.44 bits per heavy atom. The molecule has 16 heteroatoms. The van der Waals surface area contributed by atoms with Crippen molar-refractivity contribution in [1.29, 1.82) is 0 Å². The molecule has 4 aromatic rings. The van der Waals surface area contributed by atoms with E-state index in [1.807, 2.05) is 6.92 Å². The first-order valence-corrected chi connectivity index (χ1v) is 13.9. The fourth-order valence-electron chi connectivity index (χ4n) is 4.50. The number of nitrogens with two attached hydrogens (primary N) is 4. The fourth-order valence-corrected chi connectivity index (χ4v) is 4.50. The van der Waals surface area contributed by atoms with Crippen LogP contribution in [0.3, 0.4) is 0 Å². The standard InChI is InChI=1S/C29H34N12O4/c1-15-4-11-19(20(13-15)23(30)40-41-33)27(43)34-12-2-3-21(28(44)45)37-26(42)17-8-5-16(6-9-17)7-10-18-14-35-25-22(36-18)24(31)38-29(32)39-25/h4-6,8-9,11,13-14,21,41H,2-3,7,10,12,33H2,1H3,(H2,30,40)(H,34,43)(H,37,42)(H,44,45)(H4,31,32,35,38,39). The Kier molecular flexibility index (Phi) is 10.3. The Bertz CT molecular complexity index is 1740. The summed E-state index contributed by atoms with van der Waals surface area (Å²) in [7, 11) is 0. The highest BCUT2D eigenvalue weighted by molar-refractivity contribution is 6.08. The molecule has 2 aromatic carbocycles. The molecule has 2 heterocycles. The van der Waals surface area contributed by atoms with Gasteiger partial charge in [-0.3, -0.25) is 9.59 Å². The van der Waals surface area contributed by atoms with E-state index < -0.39 is 23.8 Å². The van der Waals surface area contributed by atoms with Crippen molar-refractivity contribution in [3.05, 3.63) is 82.2 Å². The molecule has 0 spiro atoms. The van der Waals surface area contributed by atoms with Gasteiger partial charge in [0.1, 0.15) is 6.04 Å². The van der Waals surface area contributed by atoms with E-state index in [-0.39, 0.29) is 30.6 Å². The zero-order valence-electron chi connectivity index (χ0n) is 24.4. The van der Waals surface area contributed by atoms with Gasteiger partial charge in [0, 0.05) is 17.7 Å². The Morgan fingerprint density at radius 1 is 0.978 bits per heavy atom. The Hall–Kier alpha value is -5.90. The van der Waals surface area contributed by atoms with E-state index >= 15 is 0 Å². The summed E-state index contributed by atoms with van der Waals surface area (Å²) in [6.07, 6.45) is 3.14. The quantitative estimate of drug-likeness (QED) is 0.0328. The molecule has 0 aliphatic rings. The van der Waals surface area contributed by atoms with Crippen molar-refractivity contribution in [2.75, 3.05) is 18.0 Å². The molecule has 2 aromatic heterocycles. The summed E-state index contributed by atoms with van der Waals surface area (Å²) in [5.74, 6) is 3.30. The Balaban J connectivity index is 1.28. The lowest BCUT2D eigenvalue weighted by Gasteiger charge is -2.15. The van der Waals surface area contributed by atoms with Crippen LogP contribution in [-0.4, -0.2) is 61.2 Å². The number of hydrazine groups is 1. The first-order valence-electron chi connectivity index (χ1n) is 13.9. The first-order chi connectivity index (χ1) is 21.5. The summed E-state index contributed by atoms with van der Waals surface area (Å²) in [6, 6.07) is 10.7. The average molecular weight is 615 g/mol. The van der Waals surface area contributed by atoms with Crippen molar-refractivity contribution in [2.24, 2.45) is 16.7 Å². The Labute approximate surface area is 257 Å². The van der Waals surface area contributed by atoms with Gasteiger partial charge in [-0.2, -0.15) is 9.97 Å². The van der Waals surface area contributed by atoms with E-state index in [1.54, 1.807) is 48.7 Å². The maximum absolute atomic E-state index is 12.8. The monoisotopic (exact) mass is 614 g/mol. The van der Waals surface area contributed by atoms with Crippen LogP contribution in [-0.2, 0) is 17.6 Å². The highest BCUT2D eigenvalue weighted by Gasteiger charge is 2.21. The van der Waals surface area contributed by atoms with Gasteiger partial charge in [-0.05, 0) is 62.4 Å². The van der Waals surface area contributed by atoms with Crippen LogP contribution in [0.4, 0.5) is 11.8 Å². The third kappa shape index (κ3) is 8.35. The largest absolute Gasteiger partial charge is 0.480 e. The van der Waals surface area contributed by atoms with Crippen molar-refractivity contribution >= 4 is 46.5 Å². The Morgan fingerprint density at radius 2 is 1.73 bits per heavy atom. The van der Waals surface area contributed by atoms with Gasteiger partial charge in [0.25, 0.3) is 11.8 Å². The number of hydrogen-bond donors (Lipinski definition) is 8. The summed E-state index contributed by atoms with van der Waals surface area (Å²) in [4.78, 5) is 54.1. The van der Waals surface area contributed by atoms with Gasteiger partial charge >= 0.3 is 5.97 Å². The topological polar surface area (TPSA) is 276 Å². The lowest BCUT2D eigenvalue weighted by molar-refractivity contribution is -0.139. The number of carbonyl (C=O) groups excluding carboxylic acids is 2. The number of nitrogens with zero attached hydrogens (tertiary/aromatic N) is 5. The number of amidine groups is 1. The summed E-state index contributed by atoms with van der Waals surface area (Å²) >= 11 is 0. The molecule has 0 radical (unpaired) electrons. The molecule has 0 saturated carbocycles. The second-order valence-corrected chi connectivity index (χ2v) is 10.1. The maximum atomic E-state index is 12.8. The van der Waals surface area contributed by atoms with E-state index in [1.165, 1.54) is 0 Å². The minimum absolute atomic E-state index is 0.0249. The number of carboxylic acids is 1. The van der Waals surface area contributed by atoms with Crippen LogP contribution in [0.5, 0.6) is 0 Å². The number of nitrogen functional groups attached to an aromatic ring is 2. The number of benzene rings is 2. The minimum atomic E-state index is -1.18. The molecule has 0 aliphatic heterocycles. The number of aromatic nitrogens is 4. The summed E-state index contributed by atoms with van der Waals surface area (Å²) < 4.78 is 0. The summed E-state index contributed by atoms with van der Waals surface area (Å²) in [5.41, 5.74) is 23.7. The van der Waals surface area contributed by atoms with Crippen LogP contribution < -0.4 is 39.2 Å². The van der Waals surface area contributed by atoms with Gasteiger partial charge in [-0.15, -0.1) is 5.10 Å². The molecule has 12 N–H and O–H groups in total. The normalized spacial score (nSPS) is 12.0. The van der Waals surface area contributed by atoms with Crippen LogP contribution in [0.15, 0.2) is 53.8 Å². The summed E-state index contributed by atoms with van der Waals surface area (Å²) in [6.45, 7) is 2.01. The first kappa shape index (κ1) is 32.0. The van der Waals surface area contributed by atoms with Crippen LogP contribution in [0.2, 0.25) is 0 Å². The molecule has 0 saturated heterocycles. The third-order valence-corrected chi connectivity index (χ3v) is 6.83. The van der Waals surface area contributed by atoms with Gasteiger partial charge in [0.2, 0.25) is 5.95 Å². The number of anilines is 2. The van der Waals surface area contributed by atoms with Crippen LogP contribution >= 0.6 is 0 Å². The lowest BCUT2D eigenvalue weighted by atomic mass is 10.0. The predicted octanol–water partition coefficient (Wildman–Crippen LogP) is 0.155. The average Bonchev–Trinajstić information content (AvgIpc) is 3.01. The molecule has 4 rings (SSSR count). The van der Waals surface area contributed by atoms with Crippen molar-refractivity contribution in [3.63, 3.8) is 0 Å². The van der Waals surface area contributed by atoms with Gasteiger partial charge in [-0.25, -0.2) is 26.1 Å². The molecular weight excluding hydrogens is 580 g/mol. The number of carbonyl (C=O) groups is 3. The van der Waals surface area contributed by atoms with E-state index in [2.05, 4.69) is 41.2 Å². The second kappa shape index (κ2) is 14.5. The van der Waals surface area contributed by atoms with Crippen LogP contribution in [0, 0.1) is 6.92 Å². The van der Waals surface area contributed by atoms with Gasteiger partial charge in [0.05, 0.1) is 17.5 Å².